The van der Waals surface area contributed by atoms with Crippen LogP contribution in [0.3, 0.4) is 0 Å². The minimum atomic E-state index is -0.613. The Labute approximate surface area is 206 Å². The highest BCUT2D eigenvalue weighted by Crippen LogP contribution is 2.18. The summed E-state index contributed by atoms with van der Waals surface area (Å²) in [6, 6.07) is 24.3. The predicted molar refractivity (Wildman–Crippen MR) is 136 cm³/mol. The van der Waals surface area contributed by atoms with Gasteiger partial charge in [-0.25, -0.2) is 0 Å². The fraction of sp³-hybridized carbons (Fsp3) is 0.286. The van der Waals surface area contributed by atoms with Crippen LogP contribution in [0.25, 0.3) is 0 Å². The Morgan fingerprint density at radius 3 is 2.26 bits per heavy atom. The molecule has 0 fully saturated rings. The lowest BCUT2D eigenvalue weighted by Gasteiger charge is -2.31. The highest BCUT2D eigenvalue weighted by molar-refractivity contribution is 6.30. The maximum absolute atomic E-state index is 13.4. The lowest BCUT2D eigenvalue weighted by Crippen LogP contribution is -2.49. The van der Waals surface area contributed by atoms with Crippen molar-refractivity contribution >= 4 is 23.4 Å². The molecular formula is C28H31ClN2O3. The van der Waals surface area contributed by atoms with Gasteiger partial charge < -0.3 is 15.0 Å². The standard InChI is InChI=1S/C28H31ClN2O3/c1-21-10-12-23(13-11-21)20-31(26(28(33)30-2)19-22-7-4-3-5-8-22)27(32)9-6-18-34-25-16-14-24(29)15-17-25/h3-5,7-8,10-17,26H,6,9,18-20H2,1-2H3,(H,30,33)/t26-/m1/s1. The van der Waals surface area contributed by atoms with Crippen molar-refractivity contribution in [1.29, 1.82) is 0 Å². The van der Waals surface area contributed by atoms with Crippen molar-refractivity contribution in [3.8, 4) is 5.75 Å². The second kappa shape index (κ2) is 12.8. The summed E-state index contributed by atoms with van der Waals surface area (Å²) in [5.41, 5.74) is 3.13. The fourth-order valence-corrected chi connectivity index (χ4v) is 3.82. The van der Waals surface area contributed by atoms with Crippen LogP contribution in [-0.4, -0.2) is 36.4 Å². The molecule has 3 aromatic carbocycles. The van der Waals surface area contributed by atoms with Crippen molar-refractivity contribution in [2.75, 3.05) is 13.7 Å². The zero-order chi connectivity index (χ0) is 24.3. The predicted octanol–water partition coefficient (Wildman–Crippen LogP) is 5.19. The van der Waals surface area contributed by atoms with E-state index >= 15 is 0 Å². The van der Waals surface area contributed by atoms with Crippen molar-refractivity contribution in [3.05, 3.63) is 101 Å². The quantitative estimate of drug-likeness (QED) is 0.386. The van der Waals surface area contributed by atoms with Crippen molar-refractivity contribution < 1.29 is 14.3 Å². The molecule has 0 saturated carbocycles. The van der Waals surface area contributed by atoms with Crippen LogP contribution in [0, 0.1) is 6.92 Å². The van der Waals surface area contributed by atoms with Gasteiger partial charge >= 0.3 is 0 Å². The molecule has 34 heavy (non-hydrogen) atoms. The first-order valence-corrected chi connectivity index (χ1v) is 11.8. The van der Waals surface area contributed by atoms with Crippen LogP contribution >= 0.6 is 11.6 Å². The first-order chi connectivity index (χ1) is 16.5. The number of halogens is 1. The summed E-state index contributed by atoms with van der Waals surface area (Å²) in [6.45, 7) is 2.78. The Bertz CT molecular complexity index is 1050. The number of nitrogens with one attached hydrogen (secondary N) is 1. The zero-order valence-corrected chi connectivity index (χ0v) is 20.4. The van der Waals surface area contributed by atoms with E-state index < -0.39 is 6.04 Å². The van der Waals surface area contributed by atoms with Crippen LogP contribution in [0.5, 0.6) is 5.75 Å². The first-order valence-electron chi connectivity index (χ1n) is 11.4. The number of hydrogen-bond donors (Lipinski definition) is 1. The van der Waals surface area contributed by atoms with Gasteiger partial charge in [0, 0.05) is 31.5 Å². The molecule has 2 amide bonds. The number of amides is 2. The maximum atomic E-state index is 13.4. The van der Waals surface area contributed by atoms with E-state index in [0.29, 0.717) is 36.8 Å². The second-order valence-electron chi connectivity index (χ2n) is 8.23. The number of rotatable bonds is 11. The van der Waals surface area contributed by atoms with Gasteiger partial charge in [0.1, 0.15) is 11.8 Å². The number of carbonyl (C=O) groups excluding carboxylic acids is 2. The SMILES string of the molecule is CNC(=O)[C@@H](Cc1ccccc1)N(Cc1ccc(C)cc1)C(=O)CCCOc1ccc(Cl)cc1. The molecule has 178 valence electrons. The fourth-order valence-electron chi connectivity index (χ4n) is 3.70. The van der Waals surface area contributed by atoms with Gasteiger partial charge in [0.15, 0.2) is 0 Å². The van der Waals surface area contributed by atoms with E-state index in [0.717, 1.165) is 16.7 Å². The molecule has 0 aliphatic rings. The lowest BCUT2D eigenvalue weighted by molar-refractivity contribution is -0.141. The molecule has 6 heteroatoms. The number of carbonyl (C=O) groups is 2. The van der Waals surface area contributed by atoms with E-state index in [2.05, 4.69) is 5.32 Å². The van der Waals surface area contributed by atoms with E-state index in [1.54, 1.807) is 36.2 Å². The molecule has 3 rings (SSSR count). The van der Waals surface area contributed by atoms with Gasteiger partial charge in [0.05, 0.1) is 6.61 Å². The lowest BCUT2D eigenvalue weighted by atomic mass is 10.0. The van der Waals surface area contributed by atoms with Crippen molar-refractivity contribution in [3.63, 3.8) is 0 Å². The molecular weight excluding hydrogens is 448 g/mol. The highest BCUT2D eigenvalue weighted by Gasteiger charge is 2.29. The van der Waals surface area contributed by atoms with Crippen LogP contribution in [-0.2, 0) is 22.6 Å². The molecule has 0 unspecified atom stereocenters. The third kappa shape index (κ3) is 7.63. The molecule has 1 N–H and O–H groups in total. The molecule has 0 heterocycles. The van der Waals surface area contributed by atoms with Crippen LogP contribution < -0.4 is 10.1 Å². The smallest absolute Gasteiger partial charge is 0.242 e. The Hall–Kier alpha value is -3.31. The number of hydrogen-bond acceptors (Lipinski definition) is 3. The summed E-state index contributed by atoms with van der Waals surface area (Å²) in [6.07, 6.45) is 1.26. The normalized spacial score (nSPS) is 11.5. The zero-order valence-electron chi connectivity index (χ0n) is 19.7. The summed E-state index contributed by atoms with van der Waals surface area (Å²) >= 11 is 5.91. The average Bonchev–Trinajstić information content (AvgIpc) is 2.86. The second-order valence-corrected chi connectivity index (χ2v) is 8.67. The Kier molecular flexibility index (Phi) is 9.53. The van der Waals surface area contributed by atoms with Crippen LogP contribution in [0.15, 0.2) is 78.9 Å². The molecule has 0 bridgehead atoms. The number of likely N-dealkylation sites (N-methyl/N-ethyl adjacent to an activating group) is 1. The van der Waals surface area contributed by atoms with E-state index in [4.69, 9.17) is 16.3 Å². The Morgan fingerprint density at radius 2 is 1.62 bits per heavy atom. The first kappa shape index (κ1) is 25.3. The van der Waals surface area contributed by atoms with Crippen LogP contribution in [0.4, 0.5) is 0 Å². The number of ether oxygens (including phenoxy) is 1. The molecule has 0 aliphatic heterocycles. The number of aryl methyl sites for hydroxylation is 1. The molecule has 0 radical (unpaired) electrons. The number of nitrogens with zero attached hydrogens (tertiary/aromatic N) is 1. The minimum Gasteiger partial charge on any atom is -0.494 e. The Balaban J connectivity index is 1.73. The maximum Gasteiger partial charge on any atom is 0.242 e. The Morgan fingerprint density at radius 1 is 0.941 bits per heavy atom. The van der Waals surface area contributed by atoms with Gasteiger partial charge in [-0.1, -0.05) is 71.8 Å². The van der Waals surface area contributed by atoms with Gasteiger partial charge in [-0.3, -0.25) is 9.59 Å². The van der Waals surface area contributed by atoms with Gasteiger partial charge in [-0.2, -0.15) is 0 Å². The topological polar surface area (TPSA) is 58.6 Å². The van der Waals surface area contributed by atoms with E-state index in [1.807, 2.05) is 61.5 Å². The summed E-state index contributed by atoms with van der Waals surface area (Å²) in [5, 5.41) is 3.39. The van der Waals surface area contributed by atoms with Gasteiger partial charge in [0.25, 0.3) is 0 Å². The average molecular weight is 479 g/mol. The van der Waals surface area contributed by atoms with Crippen molar-refractivity contribution in [2.45, 2.75) is 38.8 Å². The molecule has 0 aliphatic carbocycles. The molecule has 1 atom stereocenters. The third-order valence-corrected chi connectivity index (χ3v) is 5.86. The van der Waals surface area contributed by atoms with Gasteiger partial charge in [-0.15, -0.1) is 0 Å². The molecule has 0 aromatic heterocycles. The third-order valence-electron chi connectivity index (χ3n) is 5.61. The summed E-state index contributed by atoms with van der Waals surface area (Å²) < 4.78 is 5.74. The molecule has 0 saturated heterocycles. The summed E-state index contributed by atoms with van der Waals surface area (Å²) in [7, 11) is 1.61. The van der Waals surface area contributed by atoms with Crippen molar-refractivity contribution in [2.24, 2.45) is 0 Å². The van der Waals surface area contributed by atoms with Crippen LogP contribution in [0.1, 0.15) is 29.5 Å². The van der Waals surface area contributed by atoms with E-state index in [-0.39, 0.29) is 18.2 Å². The molecule has 0 spiro atoms. The molecule has 5 nitrogen and oxygen atoms in total. The van der Waals surface area contributed by atoms with E-state index in [1.165, 1.54) is 0 Å². The van der Waals surface area contributed by atoms with Gasteiger partial charge in [-0.05, 0) is 48.7 Å². The largest absolute Gasteiger partial charge is 0.494 e. The monoisotopic (exact) mass is 478 g/mol. The molecule has 3 aromatic rings. The summed E-state index contributed by atoms with van der Waals surface area (Å²) in [4.78, 5) is 28.0. The van der Waals surface area contributed by atoms with Crippen LogP contribution in [0.2, 0.25) is 5.02 Å². The minimum absolute atomic E-state index is 0.0789. The summed E-state index contributed by atoms with van der Waals surface area (Å²) in [5.74, 6) is 0.451. The highest BCUT2D eigenvalue weighted by atomic mass is 35.5. The van der Waals surface area contributed by atoms with Gasteiger partial charge in [0.2, 0.25) is 11.8 Å². The number of benzene rings is 3. The van der Waals surface area contributed by atoms with E-state index in [9.17, 15) is 9.59 Å². The van der Waals surface area contributed by atoms with Crippen molar-refractivity contribution in [1.82, 2.24) is 10.2 Å².